The Bertz CT molecular complexity index is 1410. The second kappa shape index (κ2) is 11.0. The molecule has 9 heteroatoms. The van der Waals surface area contributed by atoms with E-state index in [1.807, 2.05) is 80.6 Å². The maximum atomic E-state index is 14.6. The van der Waals surface area contributed by atoms with Gasteiger partial charge in [-0.3, -0.25) is 14.4 Å². The molecule has 2 aromatic rings. The van der Waals surface area contributed by atoms with Crippen molar-refractivity contribution in [1.29, 1.82) is 0 Å². The number of rotatable bonds is 6. The Morgan fingerprint density at radius 1 is 0.951 bits per heavy atom. The van der Waals surface area contributed by atoms with Crippen molar-refractivity contribution in [3.05, 3.63) is 83.9 Å². The Morgan fingerprint density at radius 2 is 1.66 bits per heavy atom. The van der Waals surface area contributed by atoms with E-state index >= 15 is 0 Å². The van der Waals surface area contributed by atoms with E-state index in [0.29, 0.717) is 30.2 Å². The Morgan fingerprint density at radius 3 is 2.37 bits per heavy atom. The van der Waals surface area contributed by atoms with Gasteiger partial charge in [0.1, 0.15) is 6.04 Å². The number of nitrogens with zero attached hydrogens (tertiary/aromatic N) is 3. The maximum Gasteiger partial charge on any atom is 0.251 e. The molecule has 1 N–H and O–H groups in total. The van der Waals surface area contributed by atoms with Gasteiger partial charge in [0, 0.05) is 24.0 Å². The van der Waals surface area contributed by atoms with Crippen LogP contribution in [-0.2, 0) is 14.4 Å². The molecular weight excluding hydrogens is 558 g/mol. The molecule has 214 valence electrons. The molecule has 3 amide bonds. The first-order chi connectivity index (χ1) is 19.8. The zero-order chi connectivity index (χ0) is 28.9. The van der Waals surface area contributed by atoms with E-state index in [-0.39, 0.29) is 35.5 Å². The van der Waals surface area contributed by atoms with E-state index in [9.17, 15) is 19.5 Å². The Balaban J connectivity index is 1.48. The quantitative estimate of drug-likeness (QED) is 0.499. The molecule has 0 aliphatic carbocycles. The standard InChI is InChI=1S/C32H34ClN3O4S/c1-20(2)18-22(19-37)36-28-31(40)35(24-13-7-6-12-23(24)33)17-9-15-32(28)27(30(36)39)26-25(41-32)14-8-16-34(29(26)38)21-10-4-3-5-11-21/h3-15,20,22,25-28,37H,16-19H2,1-2H3/t22-,25-,26+,27+,28?,32+/m1/s1. The van der Waals surface area contributed by atoms with Crippen molar-refractivity contribution in [3.63, 3.8) is 0 Å². The number of amides is 3. The lowest BCUT2D eigenvalue weighted by Gasteiger charge is -2.39. The van der Waals surface area contributed by atoms with Crippen LogP contribution < -0.4 is 9.80 Å². The zero-order valence-electron chi connectivity index (χ0n) is 23.1. The molecule has 1 spiro atoms. The Hall–Kier alpha value is -3.07. The number of anilines is 2. The summed E-state index contributed by atoms with van der Waals surface area (Å²) in [4.78, 5) is 48.6. The fourth-order valence-corrected chi connectivity index (χ4v) is 9.25. The SMILES string of the molecule is CC(C)C[C@H](CO)N1C(=O)[C@@H]2[C@H]3C(=O)N(c4ccccc4)CC=C[C@H]3S[C@@]23C=CCN(c2ccccc2Cl)C(=O)C13. The van der Waals surface area contributed by atoms with Crippen LogP contribution in [0.5, 0.6) is 0 Å². The summed E-state index contributed by atoms with van der Waals surface area (Å²) in [6.45, 7) is 4.51. The summed E-state index contributed by atoms with van der Waals surface area (Å²) in [6, 6.07) is 15.2. The summed E-state index contributed by atoms with van der Waals surface area (Å²) in [5, 5.41) is 10.7. The summed E-state index contributed by atoms with van der Waals surface area (Å²) in [5.74, 6) is -1.83. The zero-order valence-corrected chi connectivity index (χ0v) is 24.7. The molecule has 0 radical (unpaired) electrons. The number of carbonyl (C=O) groups is 3. The van der Waals surface area contributed by atoms with Gasteiger partial charge in [-0.2, -0.15) is 0 Å². The van der Waals surface area contributed by atoms with Crippen molar-refractivity contribution >= 4 is 52.5 Å². The van der Waals surface area contributed by atoms with Crippen molar-refractivity contribution in [3.8, 4) is 0 Å². The molecule has 0 bridgehead atoms. The van der Waals surface area contributed by atoms with Crippen LogP contribution in [0.4, 0.5) is 11.4 Å². The molecular formula is C32H34ClN3O4S. The van der Waals surface area contributed by atoms with Gasteiger partial charge in [0.25, 0.3) is 5.91 Å². The van der Waals surface area contributed by atoms with E-state index < -0.39 is 28.7 Å². The number of fused-ring (bicyclic) bond motifs is 2. The summed E-state index contributed by atoms with van der Waals surface area (Å²) in [7, 11) is 0. The summed E-state index contributed by atoms with van der Waals surface area (Å²) < 4.78 is -0.969. The highest BCUT2D eigenvalue weighted by atomic mass is 35.5. The monoisotopic (exact) mass is 591 g/mol. The van der Waals surface area contributed by atoms with Crippen LogP contribution in [0.3, 0.4) is 0 Å². The summed E-state index contributed by atoms with van der Waals surface area (Å²) in [5.41, 5.74) is 1.35. The lowest BCUT2D eigenvalue weighted by Crippen LogP contribution is -2.57. The van der Waals surface area contributed by atoms with E-state index in [4.69, 9.17) is 11.6 Å². The van der Waals surface area contributed by atoms with Gasteiger partial charge in [0.15, 0.2) is 0 Å². The minimum absolute atomic E-state index is 0.119. The first-order valence-corrected chi connectivity index (χ1v) is 15.4. The van der Waals surface area contributed by atoms with E-state index in [1.54, 1.807) is 26.8 Å². The van der Waals surface area contributed by atoms with Crippen LogP contribution in [0.2, 0.25) is 5.02 Å². The predicted octanol–water partition coefficient (Wildman–Crippen LogP) is 4.55. The van der Waals surface area contributed by atoms with E-state index in [0.717, 1.165) is 5.69 Å². The van der Waals surface area contributed by atoms with Gasteiger partial charge in [-0.1, -0.05) is 80.1 Å². The van der Waals surface area contributed by atoms with Crippen LogP contribution in [-0.4, -0.2) is 69.5 Å². The third-order valence-corrected chi connectivity index (χ3v) is 10.7. The van der Waals surface area contributed by atoms with Crippen molar-refractivity contribution in [2.75, 3.05) is 29.5 Å². The molecule has 1 unspecified atom stereocenters. The molecule has 4 heterocycles. The van der Waals surface area contributed by atoms with Gasteiger partial charge in [-0.05, 0) is 36.6 Å². The maximum absolute atomic E-state index is 14.6. The Kier molecular flexibility index (Phi) is 7.51. The van der Waals surface area contributed by atoms with Gasteiger partial charge in [-0.15, -0.1) is 11.8 Å². The topological polar surface area (TPSA) is 81.2 Å². The average Bonchev–Trinajstić information content (AvgIpc) is 3.28. The van der Waals surface area contributed by atoms with E-state index in [1.165, 1.54) is 11.8 Å². The number of hydrogen-bond acceptors (Lipinski definition) is 5. The first kappa shape index (κ1) is 28.1. The highest BCUT2D eigenvalue weighted by Crippen LogP contribution is 2.61. The van der Waals surface area contributed by atoms with Gasteiger partial charge in [0.05, 0.1) is 39.9 Å². The fourth-order valence-electron chi connectivity index (χ4n) is 7.02. The summed E-state index contributed by atoms with van der Waals surface area (Å²) >= 11 is 8.10. The van der Waals surface area contributed by atoms with Gasteiger partial charge in [-0.25, -0.2) is 0 Å². The Labute approximate surface area is 249 Å². The van der Waals surface area contributed by atoms with Crippen molar-refractivity contribution in [2.24, 2.45) is 17.8 Å². The third kappa shape index (κ3) is 4.51. The van der Waals surface area contributed by atoms with Gasteiger partial charge >= 0.3 is 0 Å². The average molecular weight is 592 g/mol. The number of halogens is 1. The number of hydrogen-bond donors (Lipinski definition) is 1. The molecule has 4 aliphatic rings. The molecule has 7 nitrogen and oxygen atoms in total. The number of carbonyl (C=O) groups excluding carboxylic acids is 3. The molecule has 0 aromatic heterocycles. The number of thioether (sulfide) groups is 1. The lowest BCUT2D eigenvalue weighted by molar-refractivity contribution is -0.142. The van der Waals surface area contributed by atoms with Crippen molar-refractivity contribution in [1.82, 2.24) is 4.90 Å². The number of aliphatic hydroxyl groups excluding tert-OH is 1. The van der Waals surface area contributed by atoms with Crippen LogP contribution in [0.1, 0.15) is 20.3 Å². The number of likely N-dealkylation sites (tertiary alicyclic amines) is 1. The first-order valence-electron chi connectivity index (χ1n) is 14.2. The number of benzene rings is 2. The molecule has 2 fully saturated rings. The molecule has 41 heavy (non-hydrogen) atoms. The molecule has 2 saturated heterocycles. The van der Waals surface area contributed by atoms with Crippen molar-refractivity contribution < 1.29 is 19.5 Å². The minimum Gasteiger partial charge on any atom is -0.394 e. The lowest BCUT2D eigenvalue weighted by atomic mass is 9.78. The minimum atomic E-state index is -0.969. The number of aliphatic hydroxyl groups is 1. The molecule has 0 saturated carbocycles. The smallest absolute Gasteiger partial charge is 0.251 e. The molecule has 6 atom stereocenters. The van der Waals surface area contributed by atoms with Gasteiger partial charge in [0.2, 0.25) is 11.8 Å². The fraction of sp³-hybridized carbons (Fsp3) is 0.406. The highest BCUT2D eigenvalue weighted by molar-refractivity contribution is 8.02. The van der Waals surface area contributed by atoms with Crippen LogP contribution >= 0.6 is 23.4 Å². The second-order valence-electron chi connectivity index (χ2n) is 11.6. The largest absolute Gasteiger partial charge is 0.394 e. The highest BCUT2D eigenvalue weighted by Gasteiger charge is 2.71. The molecule has 6 rings (SSSR count). The summed E-state index contributed by atoms with van der Waals surface area (Å²) in [6.07, 6.45) is 8.48. The van der Waals surface area contributed by atoms with E-state index in [2.05, 4.69) is 0 Å². The number of para-hydroxylation sites is 2. The van der Waals surface area contributed by atoms with Crippen LogP contribution in [0, 0.1) is 17.8 Å². The third-order valence-electron chi connectivity index (χ3n) is 8.66. The molecule has 2 aromatic carbocycles. The normalized spacial score (nSPS) is 29.9. The van der Waals surface area contributed by atoms with Crippen LogP contribution in [0.15, 0.2) is 78.9 Å². The molecule has 4 aliphatic heterocycles. The predicted molar refractivity (Wildman–Crippen MR) is 163 cm³/mol. The van der Waals surface area contributed by atoms with Gasteiger partial charge < -0.3 is 19.8 Å². The van der Waals surface area contributed by atoms with Crippen LogP contribution in [0.25, 0.3) is 0 Å². The van der Waals surface area contributed by atoms with Crippen molar-refractivity contribution in [2.45, 2.75) is 42.3 Å². The second-order valence-corrected chi connectivity index (χ2v) is 13.5.